The van der Waals surface area contributed by atoms with Gasteiger partial charge in [-0.1, -0.05) is 0 Å². The minimum absolute atomic E-state index is 0.233. The van der Waals surface area contributed by atoms with E-state index in [0.29, 0.717) is 28.3 Å². The van der Waals surface area contributed by atoms with Gasteiger partial charge < -0.3 is 14.4 Å². The van der Waals surface area contributed by atoms with Crippen molar-refractivity contribution in [2.45, 2.75) is 0 Å². The van der Waals surface area contributed by atoms with Crippen LogP contribution in [-0.4, -0.2) is 53.6 Å². The number of carbonyl (C=O) groups excluding carboxylic acids is 3. The van der Waals surface area contributed by atoms with Crippen molar-refractivity contribution in [3.8, 4) is 11.3 Å². The van der Waals surface area contributed by atoms with Gasteiger partial charge in [0, 0.05) is 30.7 Å². The van der Waals surface area contributed by atoms with Crippen molar-refractivity contribution in [1.82, 2.24) is 14.4 Å². The van der Waals surface area contributed by atoms with Gasteiger partial charge in [0.1, 0.15) is 11.5 Å². The van der Waals surface area contributed by atoms with Crippen LogP contribution < -0.4 is 10.2 Å². The summed E-state index contributed by atoms with van der Waals surface area (Å²) < 4.78 is 11.1. The molecule has 0 saturated heterocycles. The van der Waals surface area contributed by atoms with E-state index >= 15 is 0 Å². The van der Waals surface area contributed by atoms with Crippen LogP contribution in [0.3, 0.4) is 0 Å². The van der Waals surface area contributed by atoms with Gasteiger partial charge in [0.15, 0.2) is 0 Å². The van der Waals surface area contributed by atoms with Gasteiger partial charge in [0.25, 0.3) is 5.91 Å². The molecule has 172 valence electrons. The van der Waals surface area contributed by atoms with Crippen LogP contribution in [0.15, 0.2) is 67.1 Å². The van der Waals surface area contributed by atoms with Crippen molar-refractivity contribution in [3.05, 3.63) is 78.2 Å². The lowest BCUT2D eigenvalue weighted by Crippen LogP contribution is -2.26. The fourth-order valence-electron chi connectivity index (χ4n) is 3.35. The maximum Gasteiger partial charge on any atom is 0.412 e. The van der Waals surface area contributed by atoms with Gasteiger partial charge in [-0.05, 0) is 48.5 Å². The average Bonchev–Trinajstić information content (AvgIpc) is 3.31. The fourth-order valence-corrected chi connectivity index (χ4v) is 3.35. The zero-order valence-corrected chi connectivity index (χ0v) is 18.7. The summed E-state index contributed by atoms with van der Waals surface area (Å²) in [5, 5.41) is 2.50. The van der Waals surface area contributed by atoms with Gasteiger partial charge in [-0.2, -0.15) is 0 Å². The van der Waals surface area contributed by atoms with Gasteiger partial charge >= 0.3 is 12.1 Å². The molecule has 1 N–H and O–H groups in total. The number of hydrogen-bond donors (Lipinski definition) is 1. The molecule has 0 bridgehead atoms. The summed E-state index contributed by atoms with van der Waals surface area (Å²) >= 11 is 0. The summed E-state index contributed by atoms with van der Waals surface area (Å²) in [5.41, 5.74) is 3.61. The zero-order chi connectivity index (χ0) is 24.2. The molecule has 4 rings (SSSR count). The number of hydrogen-bond acceptors (Lipinski definition) is 7. The van der Waals surface area contributed by atoms with Crippen LogP contribution in [0, 0.1) is 0 Å². The molecule has 10 nitrogen and oxygen atoms in total. The van der Waals surface area contributed by atoms with Crippen LogP contribution in [0.2, 0.25) is 0 Å². The number of imidazole rings is 1. The van der Waals surface area contributed by atoms with Crippen LogP contribution in [-0.2, 0) is 9.47 Å². The predicted octanol–water partition coefficient (Wildman–Crippen LogP) is 3.64. The number of rotatable bonds is 5. The van der Waals surface area contributed by atoms with Crippen molar-refractivity contribution >= 4 is 35.1 Å². The molecule has 10 heteroatoms. The van der Waals surface area contributed by atoms with E-state index in [2.05, 4.69) is 20.0 Å². The number of nitrogens with zero attached hydrogens (tertiary/aromatic N) is 4. The summed E-state index contributed by atoms with van der Waals surface area (Å²) in [5.74, 6) is -0.328. The highest BCUT2D eigenvalue weighted by molar-refractivity contribution is 6.06. The summed E-state index contributed by atoms with van der Waals surface area (Å²) in [7, 11) is 4.25. The highest BCUT2D eigenvalue weighted by atomic mass is 16.5. The first kappa shape index (κ1) is 22.5. The first-order chi connectivity index (χ1) is 16.4. The molecular formula is C24H21N5O5. The normalized spacial score (nSPS) is 10.6. The molecular weight excluding hydrogens is 438 g/mol. The number of methoxy groups -OCH3 is 2. The molecule has 0 aliphatic heterocycles. The lowest BCUT2D eigenvalue weighted by molar-refractivity contribution is 0.0600. The Labute approximate surface area is 194 Å². The van der Waals surface area contributed by atoms with E-state index in [0.717, 1.165) is 11.3 Å². The predicted molar refractivity (Wildman–Crippen MR) is 125 cm³/mol. The molecule has 3 aromatic heterocycles. The Kier molecular flexibility index (Phi) is 6.22. The maximum atomic E-state index is 13.1. The quantitative estimate of drug-likeness (QED) is 0.453. The number of esters is 1. The number of pyridine rings is 2. The van der Waals surface area contributed by atoms with Crippen molar-refractivity contribution in [2.75, 3.05) is 31.5 Å². The third-order valence-electron chi connectivity index (χ3n) is 5.21. The average molecular weight is 459 g/mol. The molecule has 0 saturated carbocycles. The molecule has 4 aromatic rings. The monoisotopic (exact) mass is 459 g/mol. The van der Waals surface area contributed by atoms with Gasteiger partial charge in [-0.3, -0.25) is 14.5 Å². The fraction of sp³-hybridized carbons (Fsp3) is 0.125. The van der Waals surface area contributed by atoms with E-state index in [1.54, 1.807) is 78.6 Å². The molecule has 1 aromatic carbocycles. The highest BCUT2D eigenvalue weighted by Crippen LogP contribution is 2.23. The van der Waals surface area contributed by atoms with Crippen LogP contribution in [0.1, 0.15) is 20.7 Å². The largest absolute Gasteiger partial charge is 0.465 e. The van der Waals surface area contributed by atoms with E-state index < -0.39 is 12.1 Å². The Bertz CT molecular complexity index is 1360. The summed E-state index contributed by atoms with van der Waals surface area (Å²) in [6, 6.07) is 13.5. The maximum absolute atomic E-state index is 13.1. The zero-order valence-electron chi connectivity index (χ0n) is 18.7. The van der Waals surface area contributed by atoms with Gasteiger partial charge in [-0.15, -0.1) is 0 Å². The SMILES string of the molecule is COC(=O)Nc1ccc(-c2cnc3ccc(C(=O)N(C)c4ccc(C(=O)OC)cc4)cn23)cn1. The van der Waals surface area contributed by atoms with Crippen LogP contribution >= 0.6 is 0 Å². The van der Waals surface area contributed by atoms with Gasteiger partial charge in [0.05, 0.1) is 37.2 Å². The molecule has 0 spiro atoms. The number of aromatic nitrogens is 3. The molecule has 0 aliphatic carbocycles. The Morgan fingerprint density at radius 3 is 2.26 bits per heavy atom. The third-order valence-corrected chi connectivity index (χ3v) is 5.21. The summed E-state index contributed by atoms with van der Waals surface area (Å²) in [6.45, 7) is 0. The molecule has 2 amide bonds. The Morgan fingerprint density at radius 1 is 0.882 bits per heavy atom. The van der Waals surface area contributed by atoms with E-state index in [-0.39, 0.29) is 5.91 Å². The second kappa shape index (κ2) is 9.41. The first-order valence-corrected chi connectivity index (χ1v) is 10.2. The Morgan fingerprint density at radius 2 is 1.62 bits per heavy atom. The Balaban J connectivity index is 1.60. The van der Waals surface area contributed by atoms with Crippen LogP contribution in [0.25, 0.3) is 16.9 Å². The molecule has 34 heavy (non-hydrogen) atoms. The van der Waals surface area contributed by atoms with Gasteiger partial charge in [0.2, 0.25) is 0 Å². The second-order valence-electron chi connectivity index (χ2n) is 7.24. The van der Waals surface area contributed by atoms with E-state index in [9.17, 15) is 14.4 Å². The molecule has 0 atom stereocenters. The van der Waals surface area contributed by atoms with Crippen molar-refractivity contribution in [3.63, 3.8) is 0 Å². The summed E-state index contributed by atoms with van der Waals surface area (Å²) in [4.78, 5) is 46.2. The Hall–Kier alpha value is -4.73. The minimum atomic E-state index is -0.609. The molecule has 0 aliphatic rings. The number of amides is 2. The number of benzene rings is 1. The lowest BCUT2D eigenvalue weighted by atomic mass is 10.1. The first-order valence-electron chi connectivity index (χ1n) is 10.2. The van der Waals surface area contributed by atoms with Crippen LogP contribution in [0.5, 0.6) is 0 Å². The molecule has 0 fully saturated rings. The molecule has 0 radical (unpaired) electrons. The van der Waals surface area contributed by atoms with Crippen molar-refractivity contribution < 1.29 is 23.9 Å². The molecule has 0 unspecified atom stereocenters. The molecule has 3 heterocycles. The van der Waals surface area contributed by atoms with Crippen molar-refractivity contribution in [2.24, 2.45) is 0 Å². The number of fused-ring (bicyclic) bond motifs is 1. The van der Waals surface area contributed by atoms with Crippen molar-refractivity contribution in [1.29, 1.82) is 0 Å². The number of nitrogens with one attached hydrogen (secondary N) is 1. The topological polar surface area (TPSA) is 115 Å². The minimum Gasteiger partial charge on any atom is -0.465 e. The third kappa shape index (κ3) is 4.42. The standard InChI is InChI=1S/C24H21N5O5/c1-28(18-8-4-15(5-9-18)23(31)33-2)22(30)17-7-11-21-26-13-19(29(21)14-17)16-6-10-20(25-12-16)27-24(32)34-3/h4-14H,1-3H3,(H,25,27,32). The van der Waals surface area contributed by atoms with E-state index in [4.69, 9.17) is 4.74 Å². The second-order valence-corrected chi connectivity index (χ2v) is 7.24. The van der Waals surface area contributed by atoms with Crippen LogP contribution in [0.4, 0.5) is 16.3 Å². The van der Waals surface area contributed by atoms with E-state index in [1.807, 2.05) is 0 Å². The summed E-state index contributed by atoms with van der Waals surface area (Å²) in [6.07, 6.45) is 4.38. The smallest absolute Gasteiger partial charge is 0.412 e. The lowest BCUT2D eigenvalue weighted by Gasteiger charge is -2.18. The van der Waals surface area contributed by atoms with Gasteiger partial charge in [-0.25, -0.2) is 19.6 Å². The highest BCUT2D eigenvalue weighted by Gasteiger charge is 2.17. The number of ether oxygens (including phenoxy) is 2. The number of carbonyl (C=O) groups is 3. The number of anilines is 2. The van der Waals surface area contributed by atoms with E-state index in [1.165, 1.54) is 19.1 Å².